The summed E-state index contributed by atoms with van der Waals surface area (Å²) in [6, 6.07) is 1.33. The summed E-state index contributed by atoms with van der Waals surface area (Å²) in [7, 11) is 0. The van der Waals surface area contributed by atoms with E-state index in [0.717, 1.165) is 52.0 Å². The normalized spacial score (nSPS) is 36.0. The Balaban J connectivity index is 1.18. The first-order valence-electron chi connectivity index (χ1n) is 12.6. The molecule has 4 aliphatic heterocycles. The molecule has 6 nitrogen and oxygen atoms in total. The van der Waals surface area contributed by atoms with Crippen molar-refractivity contribution in [3.63, 3.8) is 0 Å². The Hall–Kier alpha value is -1.53. The van der Waals surface area contributed by atoms with Crippen LogP contribution in [0.5, 0.6) is 0 Å². The fraction of sp³-hybridized carbons (Fsp3) is 0.800. The van der Waals surface area contributed by atoms with Crippen LogP contribution in [0.25, 0.3) is 0 Å². The summed E-state index contributed by atoms with van der Waals surface area (Å²) in [5, 5.41) is 0. The number of fused-ring (bicyclic) bond motifs is 3. The van der Waals surface area contributed by atoms with Crippen LogP contribution in [0.4, 0.5) is 4.79 Å². The number of allylic oxidation sites excluding steroid dienone is 3. The van der Waals surface area contributed by atoms with Crippen molar-refractivity contribution in [2.45, 2.75) is 76.9 Å². The highest BCUT2D eigenvalue weighted by molar-refractivity contribution is 5.69. The van der Waals surface area contributed by atoms with Gasteiger partial charge in [-0.15, -0.1) is 0 Å². The first-order valence-corrected chi connectivity index (χ1v) is 12.6. The first kappa shape index (κ1) is 21.3. The second kappa shape index (κ2) is 9.14. The lowest BCUT2D eigenvalue weighted by molar-refractivity contribution is 0.0320. The molecular formula is C25H39N3O3. The van der Waals surface area contributed by atoms with Crippen LogP contribution < -0.4 is 0 Å². The summed E-state index contributed by atoms with van der Waals surface area (Å²) in [4.78, 5) is 19.7. The van der Waals surface area contributed by atoms with Crippen molar-refractivity contribution < 1.29 is 14.3 Å². The third-order valence-corrected chi connectivity index (χ3v) is 8.12. The van der Waals surface area contributed by atoms with E-state index in [-0.39, 0.29) is 6.09 Å². The maximum atomic E-state index is 12.4. The van der Waals surface area contributed by atoms with Crippen molar-refractivity contribution in [3.8, 4) is 0 Å². The van der Waals surface area contributed by atoms with E-state index >= 15 is 0 Å². The molecule has 4 saturated heterocycles. The van der Waals surface area contributed by atoms with Gasteiger partial charge in [0, 0.05) is 49.4 Å². The average molecular weight is 430 g/mol. The standard InChI is InChI=1S/C25H39N3O3/c1-3-31-25(29)28-20-8-9-21(28)13-19(12-20)14-26-11-10-22(15-26)27-17-30-16-18(2)23-6-4-5-7-24(23)27/h6-7,18-22H,3-5,8-17H2,1-2H3/t18?,19?,20?,21?,22-/m1/s1. The summed E-state index contributed by atoms with van der Waals surface area (Å²) in [5.41, 5.74) is 2.95. The van der Waals surface area contributed by atoms with Gasteiger partial charge in [0.05, 0.1) is 13.2 Å². The SMILES string of the molecule is CCOC(=O)N1C2CCC1CC(CN1CC[C@@H](N3COCC(C)C4=CCCC=C43)C1)C2. The van der Waals surface area contributed by atoms with Crippen LogP contribution in [-0.2, 0) is 9.47 Å². The Morgan fingerprint density at radius 1 is 1.13 bits per heavy atom. The molecule has 4 fully saturated rings. The minimum Gasteiger partial charge on any atom is -0.450 e. The molecule has 0 aromatic carbocycles. The van der Waals surface area contributed by atoms with Gasteiger partial charge < -0.3 is 24.2 Å². The molecule has 5 aliphatic rings. The third kappa shape index (κ3) is 4.25. The van der Waals surface area contributed by atoms with E-state index in [2.05, 4.69) is 33.8 Å². The highest BCUT2D eigenvalue weighted by Gasteiger charge is 2.44. The smallest absolute Gasteiger partial charge is 0.410 e. The number of piperidine rings is 1. The molecule has 0 aromatic heterocycles. The van der Waals surface area contributed by atoms with Gasteiger partial charge in [-0.3, -0.25) is 0 Å². The molecule has 4 atom stereocenters. The molecular weight excluding hydrogens is 390 g/mol. The molecule has 4 heterocycles. The molecule has 1 aliphatic carbocycles. The zero-order chi connectivity index (χ0) is 21.4. The fourth-order valence-corrected chi connectivity index (χ4v) is 6.74. The van der Waals surface area contributed by atoms with E-state index in [1.165, 1.54) is 37.2 Å². The van der Waals surface area contributed by atoms with Gasteiger partial charge in [-0.25, -0.2) is 4.79 Å². The Bertz CT molecular complexity index is 722. The molecule has 172 valence electrons. The quantitative estimate of drug-likeness (QED) is 0.676. The fourth-order valence-electron chi connectivity index (χ4n) is 6.74. The molecule has 0 spiro atoms. The van der Waals surface area contributed by atoms with Crippen LogP contribution in [0.1, 0.15) is 58.8 Å². The highest BCUT2D eigenvalue weighted by atomic mass is 16.6. The predicted octanol–water partition coefficient (Wildman–Crippen LogP) is 3.99. The van der Waals surface area contributed by atoms with Gasteiger partial charge in [0.2, 0.25) is 0 Å². The number of nitrogens with zero attached hydrogens (tertiary/aromatic N) is 3. The van der Waals surface area contributed by atoms with Gasteiger partial charge in [-0.2, -0.15) is 0 Å². The Morgan fingerprint density at radius 2 is 1.90 bits per heavy atom. The number of hydrogen-bond donors (Lipinski definition) is 0. The van der Waals surface area contributed by atoms with Crippen LogP contribution in [0.3, 0.4) is 0 Å². The summed E-state index contributed by atoms with van der Waals surface area (Å²) in [6.45, 7) is 9.71. The molecule has 0 saturated carbocycles. The predicted molar refractivity (Wildman–Crippen MR) is 120 cm³/mol. The van der Waals surface area contributed by atoms with Crippen molar-refractivity contribution in [1.82, 2.24) is 14.7 Å². The summed E-state index contributed by atoms with van der Waals surface area (Å²) < 4.78 is 11.4. The molecule has 0 radical (unpaired) electrons. The summed E-state index contributed by atoms with van der Waals surface area (Å²) in [5.74, 6) is 1.20. The van der Waals surface area contributed by atoms with Gasteiger partial charge >= 0.3 is 6.09 Å². The third-order valence-electron chi connectivity index (χ3n) is 8.12. The molecule has 31 heavy (non-hydrogen) atoms. The first-order chi connectivity index (χ1) is 15.1. The second-order valence-corrected chi connectivity index (χ2v) is 10.2. The van der Waals surface area contributed by atoms with Crippen LogP contribution in [-0.4, -0.2) is 78.5 Å². The minimum absolute atomic E-state index is 0.0882. The maximum absolute atomic E-state index is 12.4. The number of rotatable bonds is 4. The van der Waals surface area contributed by atoms with E-state index in [4.69, 9.17) is 9.47 Å². The molecule has 2 bridgehead atoms. The number of hydrogen-bond acceptors (Lipinski definition) is 5. The largest absolute Gasteiger partial charge is 0.450 e. The van der Waals surface area contributed by atoms with E-state index in [9.17, 15) is 4.79 Å². The monoisotopic (exact) mass is 429 g/mol. The van der Waals surface area contributed by atoms with E-state index in [0.29, 0.717) is 36.6 Å². The molecule has 5 rings (SSSR count). The lowest BCUT2D eigenvalue weighted by Gasteiger charge is -2.39. The number of ether oxygens (including phenoxy) is 2. The van der Waals surface area contributed by atoms with Crippen molar-refractivity contribution in [2.75, 3.05) is 39.6 Å². The topological polar surface area (TPSA) is 45.2 Å². The number of amides is 1. The number of carbonyl (C=O) groups is 1. The van der Waals surface area contributed by atoms with Crippen molar-refractivity contribution in [1.29, 1.82) is 0 Å². The molecule has 3 unspecified atom stereocenters. The van der Waals surface area contributed by atoms with Crippen LogP contribution >= 0.6 is 0 Å². The van der Waals surface area contributed by atoms with Gasteiger partial charge in [-0.1, -0.05) is 19.1 Å². The summed E-state index contributed by atoms with van der Waals surface area (Å²) >= 11 is 0. The zero-order valence-electron chi connectivity index (χ0n) is 19.3. The Kier molecular flexibility index (Phi) is 6.29. The van der Waals surface area contributed by atoms with Gasteiger partial charge in [0.1, 0.15) is 6.73 Å². The Labute approximate surface area is 187 Å². The van der Waals surface area contributed by atoms with Crippen LogP contribution in [0, 0.1) is 11.8 Å². The lowest BCUT2D eigenvalue weighted by Crippen LogP contribution is -2.48. The van der Waals surface area contributed by atoms with Crippen molar-refractivity contribution in [2.24, 2.45) is 11.8 Å². The van der Waals surface area contributed by atoms with Crippen molar-refractivity contribution in [3.05, 3.63) is 23.4 Å². The molecule has 0 N–H and O–H groups in total. The average Bonchev–Trinajstić information content (AvgIpc) is 3.28. The minimum atomic E-state index is -0.0882. The molecule has 1 amide bonds. The van der Waals surface area contributed by atoms with E-state index < -0.39 is 0 Å². The van der Waals surface area contributed by atoms with E-state index in [1.54, 1.807) is 0 Å². The Morgan fingerprint density at radius 3 is 2.68 bits per heavy atom. The zero-order valence-corrected chi connectivity index (χ0v) is 19.3. The maximum Gasteiger partial charge on any atom is 0.410 e. The van der Waals surface area contributed by atoms with E-state index in [1.807, 2.05) is 6.92 Å². The highest BCUT2D eigenvalue weighted by Crippen LogP contribution is 2.40. The van der Waals surface area contributed by atoms with Gasteiger partial charge in [-0.05, 0) is 63.4 Å². The molecule has 0 aromatic rings. The van der Waals surface area contributed by atoms with Crippen LogP contribution in [0.15, 0.2) is 23.4 Å². The summed E-state index contributed by atoms with van der Waals surface area (Å²) in [6.07, 6.45) is 12.9. The van der Waals surface area contributed by atoms with Crippen molar-refractivity contribution >= 4 is 6.09 Å². The van der Waals surface area contributed by atoms with Crippen LogP contribution in [0.2, 0.25) is 0 Å². The van der Waals surface area contributed by atoms with Gasteiger partial charge in [0.25, 0.3) is 0 Å². The lowest BCUT2D eigenvalue weighted by atomic mass is 9.90. The van der Waals surface area contributed by atoms with Gasteiger partial charge in [0.15, 0.2) is 0 Å². The number of carbonyl (C=O) groups excluding carboxylic acids is 1. The number of likely N-dealkylation sites (tertiary alicyclic amines) is 1. The molecule has 6 heteroatoms. The second-order valence-electron chi connectivity index (χ2n) is 10.2.